The molecule has 0 N–H and O–H groups in total. The van der Waals surface area contributed by atoms with Gasteiger partial charge in [-0.2, -0.15) is 0 Å². The van der Waals surface area contributed by atoms with Gasteiger partial charge in [0.1, 0.15) is 11.9 Å². The average molecular weight is 266 g/mol. The second kappa shape index (κ2) is 5.40. The maximum absolute atomic E-state index is 10.9. The molecular weight excluding hydrogens is 258 g/mol. The van der Waals surface area contributed by atoms with E-state index in [1.165, 1.54) is 6.08 Å². The summed E-state index contributed by atoms with van der Waals surface area (Å²) in [5.74, 6) is -0.625. The summed E-state index contributed by atoms with van der Waals surface area (Å²) in [5.41, 5.74) is 1.48. The van der Waals surface area contributed by atoms with Gasteiger partial charge in [-0.25, -0.2) is 4.79 Å². The zero-order valence-electron chi connectivity index (χ0n) is 7.76. The highest BCUT2D eigenvalue weighted by Crippen LogP contribution is 2.25. The standard InChI is InChI=1S/C10H7Cl3O2/c1-6(4-10(14)15-13)7-2-3-8(11)9(12)5-7/h2-5H,1H3/b6-4+. The van der Waals surface area contributed by atoms with Crippen LogP contribution in [-0.2, 0) is 9.08 Å². The van der Waals surface area contributed by atoms with Crippen LogP contribution in [0, 0.1) is 0 Å². The molecule has 0 aliphatic rings. The first kappa shape index (κ1) is 12.4. The van der Waals surface area contributed by atoms with E-state index in [1.54, 1.807) is 25.1 Å². The van der Waals surface area contributed by atoms with Gasteiger partial charge in [-0.3, -0.25) is 0 Å². The number of hydrogen-bond acceptors (Lipinski definition) is 2. The van der Waals surface area contributed by atoms with E-state index in [9.17, 15) is 4.79 Å². The Morgan fingerprint density at radius 1 is 1.33 bits per heavy atom. The van der Waals surface area contributed by atoms with Crippen molar-refractivity contribution in [3.63, 3.8) is 0 Å². The van der Waals surface area contributed by atoms with Crippen LogP contribution < -0.4 is 0 Å². The Kier molecular flexibility index (Phi) is 4.45. The number of carbonyl (C=O) groups excluding carboxylic acids is 1. The van der Waals surface area contributed by atoms with Crippen molar-refractivity contribution in [2.75, 3.05) is 0 Å². The molecule has 1 rings (SSSR count). The smallest absolute Gasteiger partial charge is 0.344 e. The molecule has 0 aromatic heterocycles. The van der Waals surface area contributed by atoms with Crippen molar-refractivity contribution in [2.45, 2.75) is 6.92 Å². The third kappa shape index (κ3) is 3.42. The second-order valence-electron chi connectivity index (χ2n) is 2.85. The van der Waals surface area contributed by atoms with Gasteiger partial charge in [0.2, 0.25) is 0 Å². The van der Waals surface area contributed by atoms with E-state index < -0.39 is 5.97 Å². The van der Waals surface area contributed by atoms with Crippen LogP contribution in [-0.4, -0.2) is 5.97 Å². The third-order valence-electron chi connectivity index (χ3n) is 1.79. The first-order valence-corrected chi connectivity index (χ1v) is 5.07. The summed E-state index contributed by atoms with van der Waals surface area (Å²) >= 11 is 16.5. The molecule has 0 saturated carbocycles. The van der Waals surface area contributed by atoms with Crippen LogP contribution in [0.5, 0.6) is 0 Å². The molecule has 0 fully saturated rings. The molecule has 5 heteroatoms. The fourth-order valence-corrected chi connectivity index (χ4v) is 1.37. The molecule has 0 radical (unpaired) electrons. The molecule has 0 bridgehead atoms. The van der Waals surface area contributed by atoms with E-state index in [-0.39, 0.29) is 0 Å². The normalized spacial score (nSPS) is 11.3. The minimum absolute atomic E-state index is 0.432. The van der Waals surface area contributed by atoms with Crippen LogP contribution in [0.15, 0.2) is 24.3 Å². The number of allylic oxidation sites excluding steroid dienone is 1. The molecule has 1 aromatic rings. The van der Waals surface area contributed by atoms with Crippen molar-refractivity contribution in [1.82, 2.24) is 0 Å². The minimum atomic E-state index is -0.625. The second-order valence-corrected chi connectivity index (χ2v) is 3.82. The maximum Gasteiger partial charge on any atom is 0.349 e. The zero-order chi connectivity index (χ0) is 11.4. The molecular formula is C10H7Cl3O2. The predicted molar refractivity (Wildman–Crippen MR) is 62.1 cm³/mol. The van der Waals surface area contributed by atoms with Crippen molar-refractivity contribution in [3.8, 4) is 0 Å². The fourth-order valence-electron chi connectivity index (χ4n) is 1.02. The molecule has 2 nitrogen and oxygen atoms in total. The Labute approximate surface area is 103 Å². The SMILES string of the molecule is C/C(=C\C(=O)OCl)c1ccc(Cl)c(Cl)c1. The van der Waals surface area contributed by atoms with Crippen LogP contribution in [0.2, 0.25) is 10.0 Å². The lowest BCUT2D eigenvalue weighted by Crippen LogP contribution is -1.92. The molecule has 1 aromatic carbocycles. The van der Waals surface area contributed by atoms with Crippen molar-refractivity contribution in [1.29, 1.82) is 0 Å². The highest BCUT2D eigenvalue weighted by molar-refractivity contribution is 6.42. The monoisotopic (exact) mass is 264 g/mol. The van der Waals surface area contributed by atoms with Crippen LogP contribution in [0.3, 0.4) is 0 Å². The lowest BCUT2D eigenvalue weighted by atomic mass is 10.1. The molecule has 0 amide bonds. The summed E-state index contributed by atoms with van der Waals surface area (Å²) in [4.78, 5) is 10.9. The summed E-state index contributed by atoms with van der Waals surface area (Å²) in [6.07, 6.45) is 1.27. The topological polar surface area (TPSA) is 26.3 Å². The molecule has 0 aliphatic heterocycles. The van der Waals surface area contributed by atoms with E-state index in [4.69, 9.17) is 35.1 Å². The molecule has 15 heavy (non-hydrogen) atoms. The van der Waals surface area contributed by atoms with Crippen molar-refractivity contribution < 1.29 is 9.08 Å². The predicted octanol–water partition coefficient (Wildman–Crippen LogP) is 4.09. The summed E-state index contributed by atoms with van der Waals surface area (Å²) in [5, 5.41) is 0.897. The molecule has 0 spiro atoms. The van der Waals surface area contributed by atoms with Gasteiger partial charge < -0.3 is 4.29 Å². The van der Waals surface area contributed by atoms with Gasteiger partial charge >= 0.3 is 5.97 Å². The van der Waals surface area contributed by atoms with Crippen LogP contribution in [0.4, 0.5) is 0 Å². The molecule has 0 atom stereocenters. The number of hydrogen-bond donors (Lipinski definition) is 0. The molecule has 0 unspecified atom stereocenters. The van der Waals surface area contributed by atoms with E-state index in [0.717, 1.165) is 5.56 Å². The molecule has 0 heterocycles. The molecule has 0 saturated heterocycles. The Hall–Kier alpha value is -0.700. The number of carbonyl (C=O) groups is 1. The van der Waals surface area contributed by atoms with E-state index in [1.807, 2.05) is 0 Å². The lowest BCUT2D eigenvalue weighted by molar-refractivity contribution is -0.128. The highest BCUT2D eigenvalue weighted by atomic mass is 35.5. The molecule has 0 aliphatic carbocycles. The van der Waals surface area contributed by atoms with Gasteiger partial charge in [0.05, 0.1) is 10.0 Å². The van der Waals surface area contributed by atoms with Gasteiger partial charge in [-0.05, 0) is 30.2 Å². The Morgan fingerprint density at radius 3 is 2.53 bits per heavy atom. The van der Waals surface area contributed by atoms with E-state index in [0.29, 0.717) is 15.6 Å². The quantitative estimate of drug-likeness (QED) is 0.753. The lowest BCUT2D eigenvalue weighted by Gasteiger charge is -2.02. The van der Waals surface area contributed by atoms with E-state index >= 15 is 0 Å². The fraction of sp³-hybridized carbons (Fsp3) is 0.100. The number of benzene rings is 1. The van der Waals surface area contributed by atoms with Gasteiger partial charge in [-0.1, -0.05) is 29.3 Å². The van der Waals surface area contributed by atoms with Gasteiger partial charge in [-0.15, -0.1) is 0 Å². The number of rotatable bonds is 2. The average Bonchev–Trinajstić information content (AvgIpc) is 2.21. The summed E-state index contributed by atoms with van der Waals surface area (Å²) in [6, 6.07) is 5.07. The number of halogens is 3. The van der Waals surface area contributed by atoms with Crippen molar-refractivity contribution in [2.24, 2.45) is 0 Å². The van der Waals surface area contributed by atoms with Crippen LogP contribution in [0.1, 0.15) is 12.5 Å². The van der Waals surface area contributed by atoms with Gasteiger partial charge in [0, 0.05) is 6.08 Å². The zero-order valence-corrected chi connectivity index (χ0v) is 10.0. The molecule has 80 valence electrons. The van der Waals surface area contributed by atoms with E-state index in [2.05, 4.69) is 4.29 Å². The van der Waals surface area contributed by atoms with Crippen LogP contribution in [0.25, 0.3) is 5.57 Å². The Morgan fingerprint density at radius 2 is 2.00 bits per heavy atom. The third-order valence-corrected chi connectivity index (χ3v) is 2.68. The Balaban J connectivity index is 3.01. The summed E-state index contributed by atoms with van der Waals surface area (Å²) in [7, 11) is 0. The Bertz CT molecular complexity index is 413. The largest absolute Gasteiger partial charge is 0.349 e. The summed E-state index contributed by atoms with van der Waals surface area (Å²) < 4.78 is 3.99. The summed E-state index contributed by atoms with van der Waals surface area (Å²) in [6.45, 7) is 1.74. The van der Waals surface area contributed by atoms with Gasteiger partial charge in [0.25, 0.3) is 0 Å². The first-order valence-electron chi connectivity index (χ1n) is 4.01. The van der Waals surface area contributed by atoms with Crippen molar-refractivity contribution >= 4 is 46.6 Å². The highest BCUT2D eigenvalue weighted by Gasteiger charge is 2.03. The van der Waals surface area contributed by atoms with Gasteiger partial charge in [0.15, 0.2) is 0 Å². The minimum Gasteiger partial charge on any atom is -0.344 e. The maximum atomic E-state index is 10.9. The first-order chi connectivity index (χ1) is 7.04. The van der Waals surface area contributed by atoms with Crippen molar-refractivity contribution in [3.05, 3.63) is 39.9 Å². The van der Waals surface area contributed by atoms with Crippen LogP contribution >= 0.6 is 35.1 Å².